The van der Waals surface area contributed by atoms with Gasteiger partial charge in [0.05, 0.1) is 23.8 Å². The third-order valence-corrected chi connectivity index (χ3v) is 4.02. The highest BCUT2D eigenvalue weighted by molar-refractivity contribution is 5.82. The van der Waals surface area contributed by atoms with Gasteiger partial charge in [-0.25, -0.2) is 15.0 Å². The molecule has 0 saturated heterocycles. The van der Waals surface area contributed by atoms with E-state index in [1.165, 1.54) is 0 Å². The molecule has 0 aromatic carbocycles. The van der Waals surface area contributed by atoms with Crippen LogP contribution in [0.4, 0.5) is 5.82 Å². The van der Waals surface area contributed by atoms with E-state index < -0.39 is 0 Å². The molecule has 0 bridgehead atoms. The Kier molecular flexibility index (Phi) is 4.28. The molecule has 4 heterocycles. The summed E-state index contributed by atoms with van der Waals surface area (Å²) in [6.45, 7) is 2.53. The van der Waals surface area contributed by atoms with E-state index in [9.17, 15) is 0 Å². The number of aromatic nitrogens is 5. The Hall–Kier alpha value is -3.32. The standard InChI is InChI=1S/C19H18N6O/c1-13-2-5-18(23-10-13)25-16-12-20-7-6-15(16)24-19(25)14-3-4-17(22-11-14)21-8-9-26/h2-7,10-12,26H,8-9H2,1H3,(H,21,22). The Morgan fingerprint density at radius 2 is 1.96 bits per heavy atom. The Balaban J connectivity index is 1.84. The van der Waals surface area contributed by atoms with Crippen LogP contribution in [0.2, 0.25) is 0 Å². The first-order valence-corrected chi connectivity index (χ1v) is 8.33. The average Bonchev–Trinajstić information content (AvgIpc) is 3.07. The van der Waals surface area contributed by atoms with E-state index in [4.69, 9.17) is 10.1 Å². The Morgan fingerprint density at radius 1 is 1.04 bits per heavy atom. The second kappa shape index (κ2) is 6.89. The van der Waals surface area contributed by atoms with Gasteiger partial charge in [0.2, 0.25) is 0 Å². The third kappa shape index (κ3) is 3.00. The van der Waals surface area contributed by atoms with Crippen LogP contribution >= 0.6 is 0 Å². The van der Waals surface area contributed by atoms with Crippen LogP contribution in [-0.4, -0.2) is 42.8 Å². The highest BCUT2D eigenvalue weighted by Crippen LogP contribution is 2.27. The summed E-state index contributed by atoms with van der Waals surface area (Å²) < 4.78 is 1.99. The normalized spacial score (nSPS) is 11.0. The van der Waals surface area contributed by atoms with Gasteiger partial charge < -0.3 is 10.4 Å². The lowest BCUT2D eigenvalue weighted by atomic mass is 10.2. The Bertz CT molecular complexity index is 1020. The number of hydrogen-bond donors (Lipinski definition) is 2. The maximum absolute atomic E-state index is 8.91. The monoisotopic (exact) mass is 346 g/mol. The lowest BCUT2D eigenvalue weighted by Gasteiger charge is -2.09. The van der Waals surface area contributed by atoms with Gasteiger partial charge in [-0.3, -0.25) is 9.55 Å². The van der Waals surface area contributed by atoms with Crippen LogP contribution in [0.3, 0.4) is 0 Å². The molecule has 0 radical (unpaired) electrons. The van der Waals surface area contributed by atoms with Crippen molar-refractivity contribution in [2.45, 2.75) is 6.92 Å². The van der Waals surface area contributed by atoms with Crippen LogP contribution in [0.15, 0.2) is 55.1 Å². The zero-order valence-corrected chi connectivity index (χ0v) is 14.3. The molecule has 0 atom stereocenters. The number of hydrogen-bond acceptors (Lipinski definition) is 6. The molecule has 4 rings (SSSR count). The summed E-state index contributed by atoms with van der Waals surface area (Å²) in [6, 6.07) is 9.70. The second-order valence-corrected chi connectivity index (χ2v) is 5.91. The van der Waals surface area contributed by atoms with Crippen molar-refractivity contribution in [2.75, 3.05) is 18.5 Å². The summed E-state index contributed by atoms with van der Waals surface area (Å²) in [5, 5.41) is 11.9. The van der Waals surface area contributed by atoms with E-state index in [0.717, 1.165) is 33.8 Å². The minimum atomic E-state index is 0.0608. The van der Waals surface area contributed by atoms with E-state index in [-0.39, 0.29) is 6.61 Å². The summed E-state index contributed by atoms with van der Waals surface area (Å²) in [5.41, 5.74) is 3.71. The maximum atomic E-state index is 8.91. The molecule has 0 saturated carbocycles. The van der Waals surface area contributed by atoms with E-state index >= 15 is 0 Å². The number of anilines is 1. The molecule has 0 fully saturated rings. The second-order valence-electron chi connectivity index (χ2n) is 5.91. The van der Waals surface area contributed by atoms with Gasteiger partial charge in [-0.1, -0.05) is 6.07 Å². The molecule has 130 valence electrons. The maximum Gasteiger partial charge on any atom is 0.148 e. The number of nitrogens with zero attached hydrogens (tertiary/aromatic N) is 5. The van der Waals surface area contributed by atoms with Crippen molar-refractivity contribution in [1.29, 1.82) is 0 Å². The highest BCUT2D eigenvalue weighted by atomic mass is 16.3. The minimum Gasteiger partial charge on any atom is -0.395 e. The van der Waals surface area contributed by atoms with Gasteiger partial charge in [0.1, 0.15) is 17.5 Å². The first-order valence-electron chi connectivity index (χ1n) is 8.33. The third-order valence-electron chi connectivity index (χ3n) is 4.02. The quantitative estimate of drug-likeness (QED) is 0.577. The van der Waals surface area contributed by atoms with E-state index in [0.29, 0.717) is 12.4 Å². The summed E-state index contributed by atoms with van der Waals surface area (Å²) >= 11 is 0. The first-order chi connectivity index (χ1) is 12.8. The summed E-state index contributed by atoms with van der Waals surface area (Å²) in [7, 11) is 0. The predicted octanol–water partition coefficient (Wildman–Crippen LogP) is 2.59. The number of aliphatic hydroxyl groups excluding tert-OH is 1. The van der Waals surface area contributed by atoms with Gasteiger partial charge in [-0.2, -0.15) is 0 Å². The summed E-state index contributed by atoms with van der Waals surface area (Å²) in [5.74, 6) is 2.25. The van der Waals surface area contributed by atoms with Gasteiger partial charge in [0.25, 0.3) is 0 Å². The van der Waals surface area contributed by atoms with Crippen molar-refractivity contribution in [1.82, 2.24) is 24.5 Å². The zero-order chi connectivity index (χ0) is 17.9. The minimum absolute atomic E-state index is 0.0608. The van der Waals surface area contributed by atoms with Crippen LogP contribution in [0.5, 0.6) is 0 Å². The molecule has 7 nitrogen and oxygen atoms in total. The van der Waals surface area contributed by atoms with Crippen LogP contribution in [0.25, 0.3) is 28.2 Å². The number of aliphatic hydroxyl groups is 1. The molecule has 4 aromatic rings. The molecule has 26 heavy (non-hydrogen) atoms. The van der Waals surface area contributed by atoms with E-state index in [1.807, 2.05) is 48.0 Å². The highest BCUT2D eigenvalue weighted by Gasteiger charge is 2.15. The fourth-order valence-electron chi connectivity index (χ4n) is 2.76. The van der Waals surface area contributed by atoms with E-state index in [2.05, 4.69) is 20.3 Å². The van der Waals surface area contributed by atoms with Crippen molar-refractivity contribution < 1.29 is 5.11 Å². The molecule has 0 unspecified atom stereocenters. The Morgan fingerprint density at radius 3 is 2.69 bits per heavy atom. The van der Waals surface area contributed by atoms with Crippen molar-refractivity contribution in [3.8, 4) is 17.2 Å². The molecule has 0 aliphatic rings. The average molecular weight is 346 g/mol. The van der Waals surface area contributed by atoms with Crippen LogP contribution < -0.4 is 5.32 Å². The number of rotatable bonds is 5. The molecule has 2 N–H and O–H groups in total. The smallest absolute Gasteiger partial charge is 0.148 e. The predicted molar refractivity (Wildman–Crippen MR) is 100 cm³/mol. The van der Waals surface area contributed by atoms with Crippen LogP contribution in [0, 0.1) is 6.92 Å². The molecule has 4 aromatic heterocycles. The van der Waals surface area contributed by atoms with Gasteiger partial charge >= 0.3 is 0 Å². The molecular weight excluding hydrogens is 328 g/mol. The molecule has 0 amide bonds. The number of imidazole rings is 1. The summed E-state index contributed by atoms with van der Waals surface area (Å²) in [6.07, 6.45) is 7.12. The topological polar surface area (TPSA) is 88.8 Å². The Labute approximate surface area is 150 Å². The van der Waals surface area contributed by atoms with Crippen molar-refractivity contribution in [3.05, 3.63) is 60.7 Å². The molecular formula is C19H18N6O. The summed E-state index contributed by atoms with van der Waals surface area (Å²) in [4.78, 5) is 17.9. The largest absolute Gasteiger partial charge is 0.395 e. The zero-order valence-electron chi connectivity index (χ0n) is 14.3. The fourth-order valence-corrected chi connectivity index (χ4v) is 2.76. The fraction of sp³-hybridized carbons (Fsp3) is 0.158. The van der Waals surface area contributed by atoms with Crippen molar-refractivity contribution >= 4 is 16.9 Å². The lowest BCUT2D eigenvalue weighted by Crippen LogP contribution is -2.06. The van der Waals surface area contributed by atoms with Gasteiger partial charge in [0.15, 0.2) is 0 Å². The van der Waals surface area contributed by atoms with Gasteiger partial charge in [-0.15, -0.1) is 0 Å². The molecule has 0 aliphatic heterocycles. The van der Waals surface area contributed by atoms with Crippen LogP contribution in [-0.2, 0) is 0 Å². The first kappa shape index (κ1) is 16.2. The number of pyridine rings is 3. The lowest BCUT2D eigenvalue weighted by molar-refractivity contribution is 0.311. The molecule has 7 heteroatoms. The number of nitrogens with one attached hydrogen (secondary N) is 1. The molecule has 0 spiro atoms. The van der Waals surface area contributed by atoms with Gasteiger partial charge in [0, 0.05) is 30.7 Å². The van der Waals surface area contributed by atoms with Gasteiger partial charge in [-0.05, 0) is 36.8 Å². The van der Waals surface area contributed by atoms with Crippen molar-refractivity contribution in [3.63, 3.8) is 0 Å². The van der Waals surface area contributed by atoms with Crippen LogP contribution in [0.1, 0.15) is 5.56 Å². The van der Waals surface area contributed by atoms with Crippen molar-refractivity contribution in [2.24, 2.45) is 0 Å². The number of aryl methyl sites for hydroxylation is 1. The SMILES string of the molecule is Cc1ccc(-n2c(-c3ccc(NCCO)nc3)nc3ccncc32)nc1. The number of fused-ring (bicyclic) bond motifs is 1. The van der Waals surface area contributed by atoms with E-state index in [1.54, 1.807) is 18.6 Å². The molecule has 0 aliphatic carbocycles.